The number of nitrogens with zero attached hydrogens (tertiary/aromatic N) is 4. The number of hydrogen-bond donors (Lipinski definition) is 1. The maximum absolute atomic E-state index is 12.9. The second-order valence-electron chi connectivity index (χ2n) is 10.2. The number of carbonyl (C=O) groups is 2. The Hall–Kier alpha value is -4.49. The Labute approximate surface area is 227 Å². The monoisotopic (exact) mass is 517 g/mol. The van der Waals surface area contributed by atoms with Crippen LogP contribution in [-0.4, -0.2) is 44.3 Å². The predicted octanol–water partition coefficient (Wildman–Crippen LogP) is 4.96. The SMILES string of the molecule is Cn1cc(/C(C(N)=O)=C(/C=O)c2cn(C3CCN(Cc4ccccn4)CC3)c3ccccc23)c2ccccc21. The standard InChI is InChI=1S/C32H31N5O2/c1-35-19-27(25-10-2-4-11-29(25)35)31(32(33)39)28(21-38)26-20-37(30-12-5-3-9-24(26)30)23-13-16-36(17-14-23)18-22-8-6-7-15-34-22/h2-12,15,19-21,23H,13-14,16-18H2,1H3,(H2,33,39)/b31-28+. The molecule has 39 heavy (non-hydrogen) atoms. The lowest BCUT2D eigenvalue weighted by atomic mass is 9.94. The molecule has 5 aromatic rings. The fraction of sp³-hybridized carbons (Fsp3) is 0.219. The van der Waals surface area contributed by atoms with Crippen LogP contribution in [0.2, 0.25) is 0 Å². The zero-order chi connectivity index (χ0) is 26.9. The van der Waals surface area contributed by atoms with E-state index >= 15 is 0 Å². The number of aromatic nitrogens is 3. The van der Waals surface area contributed by atoms with Crippen molar-refractivity contribution in [2.24, 2.45) is 12.8 Å². The first kappa shape index (κ1) is 24.8. The normalized spacial score (nSPS) is 15.5. The van der Waals surface area contributed by atoms with Gasteiger partial charge in [-0.2, -0.15) is 0 Å². The average molecular weight is 518 g/mol. The van der Waals surface area contributed by atoms with Crippen molar-refractivity contribution in [3.05, 3.63) is 102 Å². The van der Waals surface area contributed by atoms with Gasteiger partial charge in [-0.1, -0.05) is 42.5 Å². The molecular weight excluding hydrogens is 486 g/mol. The Morgan fingerprint density at radius 1 is 0.923 bits per heavy atom. The number of piperidine rings is 1. The van der Waals surface area contributed by atoms with Crippen molar-refractivity contribution >= 4 is 45.1 Å². The van der Waals surface area contributed by atoms with Crippen LogP contribution in [0.1, 0.15) is 35.7 Å². The number of primary amides is 1. The van der Waals surface area contributed by atoms with E-state index in [1.54, 1.807) is 0 Å². The van der Waals surface area contributed by atoms with Crippen molar-refractivity contribution < 1.29 is 9.59 Å². The number of allylic oxidation sites excluding steroid dienone is 1. The number of amides is 1. The van der Waals surface area contributed by atoms with Gasteiger partial charge in [-0.25, -0.2) is 0 Å². The molecule has 0 unspecified atom stereocenters. The van der Waals surface area contributed by atoms with Gasteiger partial charge in [-0.15, -0.1) is 0 Å². The third-order valence-electron chi connectivity index (χ3n) is 7.89. The lowest BCUT2D eigenvalue weighted by Gasteiger charge is -2.33. The van der Waals surface area contributed by atoms with E-state index < -0.39 is 5.91 Å². The van der Waals surface area contributed by atoms with E-state index in [0.29, 0.717) is 11.1 Å². The molecule has 0 radical (unpaired) electrons. The van der Waals surface area contributed by atoms with E-state index in [0.717, 1.165) is 71.8 Å². The highest BCUT2D eigenvalue weighted by Crippen LogP contribution is 2.37. The van der Waals surface area contributed by atoms with Crippen LogP contribution in [0.15, 0.2) is 85.3 Å². The van der Waals surface area contributed by atoms with Crippen LogP contribution in [0.25, 0.3) is 33.0 Å². The summed E-state index contributed by atoms with van der Waals surface area (Å²) in [6.45, 7) is 2.76. The van der Waals surface area contributed by atoms with Gasteiger partial charge in [0, 0.05) is 89.8 Å². The van der Waals surface area contributed by atoms with Gasteiger partial charge >= 0.3 is 0 Å². The van der Waals surface area contributed by atoms with Gasteiger partial charge in [0.05, 0.1) is 11.3 Å². The molecule has 4 heterocycles. The summed E-state index contributed by atoms with van der Waals surface area (Å²) in [6, 6.07) is 22.2. The molecule has 1 aliphatic heterocycles. The Balaban J connectivity index is 1.40. The van der Waals surface area contributed by atoms with Gasteiger partial charge in [-0.3, -0.25) is 19.5 Å². The second kappa shape index (κ2) is 10.3. The van der Waals surface area contributed by atoms with Crippen LogP contribution in [-0.2, 0) is 23.2 Å². The number of aryl methyl sites for hydroxylation is 1. The van der Waals surface area contributed by atoms with Gasteiger partial charge in [0.15, 0.2) is 6.29 Å². The molecular formula is C32H31N5O2. The molecule has 1 fully saturated rings. The fourth-order valence-corrected chi connectivity index (χ4v) is 6.01. The number of pyridine rings is 1. The molecule has 3 aromatic heterocycles. The lowest BCUT2D eigenvalue weighted by Crippen LogP contribution is -2.34. The first-order valence-electron chi connectivity index (χ1n) is 13.3. The quantitative estimate of drug-likeness (QED) is 0.244. The summed E-state index contributed by atoms with van der Waals surface area (Å²) in [6.07, 6.45) is 8.51. The molecule has 1 saturated heterocycles. The van der Waals surface area contributed by atoms with Crippen molar-refractivity contribution in [2.45, 2.75) is 25.4 Å². The molecule has 7 nitrogen and oxygen atoms in total. The number of likely N-dealkylation sites (tertiary alicyclic amines) is 1. The Morgan fingerprint density at radius 2 is 1.59 bits per heavy atom. The largest absolute Gasteiger partial charge is 0.366 e. The topological polar surface area (TPSA) is 86.2 Å². The van der Waals surface area contributed by atoms with E-state index in [-0.39, 0.29) is 11.6 Å². The molecule has 1 amide bonds. The van der Waals surface area contributed by atoms with E-state index in [9.17, 15) is 9.59 Å². The molecule has 2 N–H and O–H groups in total. The van der Waals surface area contributed by atoms with Crippen LogP contribution >= 0.6 is 0 Å². The third kappa shape index (κ3) is 4.55. The highest BCUT2D eigenvalue weighted by Gasteiger charge is 2.26. The average Bonchev–Trinajstić information content (AvgIpc) is 3.50. The number of rotatable bonds is 7. The molecule has 7 heteroatoms. The molecule has 2 aromatic carbocycles. The van der Waals surface area contributed by atoms with Crippen LogP contribution in [0, 0.1) is 0 Å². The molecule has 0 spiro atoms. The number of aldehydes is 1. The molecule has 0 atom stereocenters. The minimum atomic E-state index is -0.617. The Morgan fingerprint density at radius 3 is 2.26 bits per heavy atom. The van der Waals surface area contributed by atoms with Crippen LogP contribution in [0.5, 0.6) is 0 Å². The van der Waals surface area contributed by atoms with Crippen LogP contribution in [0.3, 0.4) is 0 Å². The van der Waals surface area contributed by atoms with Gasteiger partial charge in [0.2, 0.25) is 5.91 Å². The number of nitrogens with two attached hydrogens (primary N) is 1. The predicted molar refractivity (Wildman–Crippen MR) is 155 cm³/mol. The van der Waals surface area contributed by atoms with Crippen molar-refractivity contribution in [3.8, 4) is 0 Å². The first-order chi connectivity index (χ1) is 19.0. The van der Waals surface area contributed by atoms with E-state index in [2.05, 4.69) is 26.6 Å². The Kier molecular flexibility index (Phi) is 6.59. The summed E-state index contributed by atoms with van der Waals surface area (Å²) in [7, 11) is 1.93. The number of hydrogen-bond acceptors (Lipinski definition) is 4. The maximum Gasteiger partial charge on any atom is 0.250 e. The van der Waals surface area contributed by atoms with Crippen molar-refractivity contribution in [2.75, 3.05) is 13.1 Å². The van der Waals surface area contributed by atoms with Crippen molar-refractivity contribution in [3.63, 3.8) is 0 Å². The maximum atomic E-state index is 12.9. The summed E-state index contributed by atoms with van der Waals surface area (Å²) in [4.78, 5) is 32.6. The zero-order valence-electron chi connectivity index (χ0n) is 22.0. The van der Waals surface area contributed by atoms with Gasteiger partial charge in [0.1, 0.15) is 0 Å². The minimum absolute atomic E-state index is 0.245. The lowest BCUT2D eigenvalue weighted by molar-refractivity contribution is -0.113. The first-order valence-corrected chi connectivity index (χ1v) is 13.3. The Bertz CT molecular complexity index is 1700. The van der Waals surface area contributed by atoms with Gasteiger partial charge < -0.3 is 14.9 Å². The van der Waals surface area contributed by atoms with E-state index in [1.807, 2.05) is 84.8 Å². The summed E-state index contributed by atoms with van der Waals surface area (Å²) in [5.74, 6) is -0.617. The summed E-state index contributed by atoms with van der Waals surface area (Å²) < 4.78 is 4.24. The fourth-order valence-electron chi connectivity index (χ4n) is 6.01. The van der Waals surface area contributed by atoms with Gasteiger partial charge in [-0.05, 0) is 37.1 Å². The molecule has 1 aliphatic rings. The third-order valence-corrected chi connectivity index (χ3v) is 7.89. The zero-order valence-corrected chi connectivity index (χ0v) is 22.0. The summed E-state index contributed by atoms with van der Waals surface area (Å²) >= 11 is 0. The molecule has 0 aliphatic carbocycles. The molecule has 196 valence electrons. The van der Waals surface area contributed by atoms with Crippen LogP contribution in [0.4, 0.5) is 0 Å². The minimum Gasteiger partial charge on any atom is -0.366 e. The van der Waals surface area contributed by atoms with Crippen molar-refractivity contribution in [1.29, 1.82) is 0 Å². The van der Waals surface area contributed by atoms with E-state index in [1.165, 1.54) is 0 Å². The smallest absolute Gasteiger partial charge is 0.250 e. The summed E-state index contributed by atoms with van der Waals surface area (Å²) in [5.41, 5.74) is 11.0. The number of benzene rings is 2. The second-order valence-corrected chi connectivity index (χ2v) is 10.2. The molecule has 0 saturated carbocycles. The molecule has 0 bridgehead atoms. The van der Waals surface area contributed by atoms with Crippen molar-refractivity contribution in [1.82, 2.24) is 19.0 Å². The highest BCUT2D eigenvalue weighted by molar-refractivity contribution is 6.37. The van der Waals surface area contributed by atoms with Gasteiger partial charge in [0.25, 0.3) is 0 Å². The van der Waals surface area contributed by atoms with Crippen LogP contribution < -0.4 is 5.73 Å². The molecule has 6 rings (SSSR count). The van der Waals surface area contributed by atoms with E-state index in [4.69, 9.17) is 5.73 Å². The number of carbonyl (C=O) groups excluding carboxylic acids is 2. The summed E-state index contributed by atoms with van der Waals surface area (Å²) in [5, 5.41) is 1.83. The number of para-hydroxylation sites is 2. The number of fused-ring (bicyclic) bond motifs is 2. The highest BCUT2D eigenvalue weighted by atomic mass is 16.1.